The molecule has 19 heavy (non-hydrogen) atoms. The van der Waals surface area contributed by atoms with Gasteiger partial charge in [0.05, 0.1) is 5.71 Å². The Balaban J connectivity index is 5.40. The first-order valence-electron chi connectivity index (χ1n) is 6.42. The maximum absolute atomic E-state index is 8.94. The van der Waals surface area contributed by atoms with Crippen molar-refractivity contribution in [2.45, 2.75) is 34.1 Å². The molecule has 0 bridgehead atoms. The molecular formula is C16H25NOS. The van der Waals surface area contributed by atoms with Crippen LogP contribution in [0.4, 0.5) is 0 Å². The van der Waals surface area contributed by atoms with Gasteiger partial charge in [0.25, 0.3) is 0 Å². The van der Waals surface area contributed by atoms with E-state index in [0.29, 0.717) is 17.7 Å². The van der Waals surface area contributed by atoms with Crippen LogP contribution in [-0.4, -0.2) is 17.4 Å². The summed E-state index contributed by atoms with van der Waals surface area (Å²) in [6.45, 7) is 12.1. The maximum atomic E-state index is 8.94. The van der Waals surface area contributed by atoms with Crippen molar-refractivity contribution in [1.82, 2.24) is 0 Å². The summed E-state index contributed by atoms with van der Waals surface area (Å²) < 4.78 is 0. The second-order valence-corrected chi connectivity index (χ2v) is 5.19. The van der Waals surface area contributed by atoms with Gasteiger partial charge < -0.3 is 10.5 Å². The summed E-state index contributed by atoms with van der Waals surface area (Å²) >= 11 is 4.07. The zero-order chi connectivity index (χ0) is 15.0. The van der Waals surface area contributed by atoms with E-state index in [1.165, 1.54) is 0 Å². The molecule has 3 heteroatoms. The lowest BCUT2D eigenvalue weighted by Crippen LogP contribution is -2.11. The van der Waals surface area contributed by atoms with Gasteiger partial charge in [0.2, 0.25) is 0 Å². The summed E-state index contributed by atoms with van der Waals surface area (Å²) in [6, 6.07) is 0. The van der Waals surface area contributed by atoms with E-state index in [1.54, 1.807) is 5.41 Å². The van der Waals surface area contributed by atoms with Crippen LogP contribution in [0.1, 0.15) is 34.1 Å². The molecule has 0 aromatic heterocycles. The van der Waals surface area contributed by atoms with E-state index in [2.05, 4.69) is 33.1 Å². The Kier molecular flexibility index (Phi) is 8.44. The normalized spacial score (nSPS) is 13.9. The topological polar surface area (TPSA) is 44.1 Å². The van der Waals surface area contributed by atoms with Crippen molar-refractivity contribution in [2.75, 3.05) is 6.61 Å². The summed E-state index contributed by atoms with van der Waals surface area (Å²) in [5, 5.41) is 18.8. The second-order valence-electron chi connectivity index (χ2n) is 4.89. The van der Waals surface area contributed by atoms with Crippen molar-refractivity contribution < 1.29 is 5.11 Å². The summed E-state index contributed by atoms with van der Waals surface area (Å²) in [7, 11) is 0. The fourth-order valence-corrected chi connectivity index (χ4v) is 1.81. The highest BCUT2D eigenvalue weighted by Crippen LogP contribution is 2.20. The number of hydrogen-bond acceptors (Lipinski definition) is 3. The van der Waals surface area contributed by atoms with Crippen LogP contribution < -0.4 is 0 Å². The number of thiol groups is 1. The van der Waals surface area contributed by atoms with Crippen molar-refractivity contribution >= 4 is 18.3 Å². The van der Waals surface area contributed by atoms with Crippen molar-refractivity contribution in [3.63, 3.8) is 0 Å². The first-order valence-corrected chi connectivity index (χ1v) is 6.94. The highest BCUT2D eigenvalue weighted by Gasteiger charge is 2.12. The average molecular weight is 279 g/mol. The number of aliphatic hydroxyl groups excluding tert-OH is 1. The average Bonchev–Trinajstić information content (AvgIpc) is 2.34. The van der Waals surface area contributed by atoms with Crippen LogP contribution in [0.3, 0.4) is 0 Å². The number of nitrogens with one attached hydrogen (secondary N) is 1. The van der Waals surface area contributed by atoms with Gasteiger partial charge in [-0.2, -0.15) is 12.6 Å². The van der Waals surface area contributed by atoms with E-state index < -0.39 is 0 Å². The molecule has 0 aliphatic rings. The van der Waals surface area contributed by atoms with Crippen LogP contribution in [0, 0.1) is 11.3 Å². The summed E-state index contributed by atoms with van der Waals surface area (Å²) in [6.07, 6.45) is 4.40. The van der Waals surface area contributed by atoms with Gasteiger partial charge in [-0.25, -0.2) is 0 Å². The van der Waals surface area contributed by atoms with Crippen molar-refractivity contribution in [2.24, 2.45) is 5.92 Å². The molecule has 0 spiro atoms. The molecule has 0 saturated heterocycles. The van der Waals surface area contributed by atoms with Gasteiger partial charge in [-0.1, -0.05) is 32.6 Å². The molecule has 0 saturated carbocycles. The van der Waals surface area contributed by atoms with Gasteiger partial charge in [-0.15, -0.1) is 0 Å². The quantitative estimate of drug-likeness (QED) is 0.363. The zero-order valence-corrected chi connectivity index (χ0v) is 13.2. The molecule has 0 unspecified atom stereocenters. The standard InChI is InChI=1S/C16H25NOS/c1-11(2)15(16(17)13(4)6-8-18)10-14(5)12(3)7-9-19/h7,9-11,17-19H,4,6,8H2,1-3,5H3/b9-7-,14-12+,15-10+,17-16?. The van der Waals surface area contributed by atoms with Crippen LogP contribution >= 0.6 is 12.6 Å². The molecule has 2 nitrogen and oxygen atoms in total. The van der Waals surface area contributed by atoms with Crippen LogP contribution in [0.2, 0.25) is 0 Å². The number of aliphatic hydroxyl groups is 1. The predicted molar refractivity (Wildman–Crippen MR) is 88.0 cm³/mol. The predicted octanol–water partition coefficient (Wildman–Crippen LogP) is 4.31. The largest absolute Gasteiger partial charge is 0.396 e. The third-order valence-electron chi connectivity index (χ3n) is 3.00. The Morgan fingerprint density at radius 3 is 2.32 bits per heavy atom. The maximum Gasteiger partial charge on any atom is 0.0601 e. The molecule has 0 atom stereocenters. The van der Waals surface area contributed by atoms with Crippen molar-refractivity contribution in [3.05, 3.63) is 46.4 Å². The van der Waals surface area contributed by atoms with Gasteiger partial charge in [-0.05, 0) is 53.9 Å². The Bertz CT molecular complexity index is 428. The Hall–Kier alpha value is -1.06. The minimum Gasteiger partial charge on any atom is -0.396 e. The summed E-state index contributed by atoms with van der Waals surface area (Å²) in [5.74, 6) is 0.241. The fourth-order valence-electron chi connectivity index (χ4n) is 1.58. The monoisotopic (exact) mass is 279 g/mol. The van der Waals surface area contributed by atoms with E-state index in [0.717, 1.165) is 16.7 Å². The second kappa shape index (κ2) is 8.94. The van der Waals surface area contributed by atoms with Crippen LogP contribution in [-0.2, 0) is 0 Å². The molecule has 0 aliphatic heterocycles. The van der Waals surface area contributed by atoms with Crippen LogP contribution in [0.15, 0.2) is 46.4 Å². The van der Waals surface area contributed by atoms with Gasteiger partial charge in [0.1, 0.15) is 0 Å². The minimum atomic E-state index is 0.0306. The lowest BCUT2D eigenvalue weighted by Gasteiger charge is -2.15. The first-order chi connectivity index (χ1) is 8.84. The Morgan fingerprint density at radius 2 is 1.89 bits per heavy atom. The van der Waals surface area contributed by atoms with Gasteiger partial charge in [-0.3, -0.25) is 0 Å². The number of rotatable bonds is 7. The molecule has 0 aromatic rings. The minimum absolute atomic E-state index is 0.0306. The smallest absolute Gasteiger partial charge is 0.0601 e. The number of allylic oxidation sites excluding steroid dienone is 5. The van der Waals surface area contributed by atoms with E-state index >= 15 is 0 Å². The van der Waals surface area contributed by atoms with Gasteiger partial charge in [0, 0.05) is 6.61 Å². The molecule has 0 aromatic carbocycles. The van der Waals surface area contributed by atoms with Crippen molar-refractivity contribution in [1.29, 1.82) is 5.41 Å². The molecule has 0 rings (SSSR count). The molecule has 0 heterocycles. The summed E-state index contributed by atoms with van der Waals surface area (Å²) in [4.78, 5) is 0. The van der Waals surface area contributed by atoms with Crippen LogP contribution in [0.25, 0.3) is 0 Å². The zero-order valence-electron chi connectivity index (χ0n) is 12.3. The third-order valence-corrected chi connectivity index (χ3v) is 3.15. The van der Waals surface area contributed by atoms with E-state index in [1.807, 2.05) is 26.0 Å². The molecule has 0 radical (unpaired) electrons. The highest BCUT2D eigenvalue weighted by molar-refractivity contribution is 7.83. The van der Waals surface area contributed by atoms with E-state index in [4.69, 9.17) is 10.5 Å². The first kappa shape index (κ1) is 17.9. The third kappa shape index (κ3) is 6.08. The Labute approximate surface area is 122 Å². The molecular weight excluding hydrogens is 254 g/mol. The summed E-state index contributed by atoms with van der Waals surface area (Å²) in [5.41, 5.74) is 4.29. The van der Waals surface area contributed by atoms with E-state index in [-0.39, 0.29) is 12.5 Å². The van der Waals surface area contributed by atoms with Crippen molar-refractivity contribution in [3.8, 4) is 0 Å². The molecule has 2 N–H and O–H groups in total. The lowest BCUT2D eigenvalue weighted by atomic mass is 9.90. The van der Waals surface area contributed by atoms with Crippen LogP contribution in [0.5, 0.6) is 0 Å². The molecule has 0 fully saturated rings. The van der Waals surface area contributed by atoms with Gasteiger partial charge in [0.15, 0.2) is 0 Å². The Morgan fingerprint density at radius 1 is 1.32 bits per heavy atom. The molecule has 106 valence electrons. The lowest BCUT2D eigenvalue weighted by molar-refractivity contribution is 0.301. The fraction of sp³-hybridized carbons (Fsp3) is 0.438. The molecule has 0 aliphatic carbocycles. The SMILES string of the molecule is C=C(CCO)C(=N)/C(=C/C(C)=C(C)/C=C\S)C(C)C. The van der Waals surface area contributed by atoms with Gasteiger partial charge >= 0.3 is 0 Å². The number of hydrogen-bond donors (Lipinski definition) is 3. The van der Waals surface area contributed by atoms with E-state index in [9.17, 15) is 0 Å². The molecule has 0 amide bonds. The highest BCUT2D eigenvalue weighted by atomic mass is 32.1.